The number of hydrogen-bond donors (Lipinski definition) is 1. The van der Waals surface area contributed by atoms with Crippen LogP contribution in [0.3, 0.4) is 0 Å². The van der Waals surface area contributed by atoms with Crippen molar-refractivity contribution in [3.63, 3.8) is 0 Å². The van der Waals surface area contributed by atoms with Gasteiger partial charge in [-0.1, -0.05) is 12.1 Å². The van der Waals surface area contributed by atoms with Crippen LogP contribution in [-0.2, 0) is 9.31 Å². The van der Waals surface area contributed by atoms with Gasteiger partial charge in [-0.2, -0.15) is 10.2 Å². The summed E-state index contributed by atoms with van der Waals surface area (Å²) in [5.74, 6) is 0.718. The SMILES string of the molecule is COc1cc(-c2nccs2)c(-c2ccc3c(N)cnnc3c2)cc1B1O[C@]2(C)CCC[C@]2(C)O1. The predicted molar refractivity (Wildman–Crippen MR) is 135 cm³/mol. The van der Waals surface area contributed by atoms with Gasteiger partial charge in [-0.3, -0.25) is 0 Å². The molecule has 0 bridgehead atoms. The number of benzene rings is 2. The molecule has 9 heteroatoms. The van der Waals surface area contributed by atoms with Gasteiger partial charge in [0.25, 0.3) is 0 Å². The summed E-state index contributed by atoms with van der Waals surface area (Å²) >= 11 is 1.58. The topological polar surface area (TPSA) is 92.4 Å². The first-order chi connectivity index (χ1) is 16.4. The van der Waals surface area contributed by atoms with E-state index >= 15 is 0 Å². The second kappa shape index (κ2) is 7.76. The normalized spacial score (nSPS) is 24.0. The molecular weight excluding hydrogens is 447 g/mol. The average molecular weight is 472 g/mol. The van der Waals surface area contributed by atoms with E-state index in [2.05, 4.69) is 41.2 Å². The number of hydrogen-bond acceptors (Lipinski definition) is 8. The van der Waals surface area contributed by atoms with Crippen LogP contribution in [0.15, 0.2) is 48.1 Å². The predicted octanol–water partition coefficient (Wildman–Crippen LogP) is 4.45. The highest BCUT2D eigenvalue weighted by Crippen LogP contribution is 2.50. The van der Waals surface area contributed by atoms with Gasteiger partial charge in [-0.15, -0.1) is 11.3 Å². The van der Waals surface area contributed by atoms with Crippen LogP contribution in [0.25, 0.3) is 32.6 Å². The van der Waals surface area contributed by atoms with E-state index in [-0.39, 0.29) is 11.2 Å². The van der Waals surface area contributed by atoms with Crippen molar-refractivity contribution >= 4 is 40.5 Å². The first-order valence-corrected chi connectivity index (χ1v) is 12.3. The molecule has 2 atom stereocenters. The van der Waals surface area contributed by atoms with E-state index in [1.807, 2.05) is 29.8 Å². The zero-order valence-electron chi connectivity index (χ0n) is 19.4. The Balaban J connectivity index is 1.53. The Morgan fingerprint density at radius 2 is 1.88 bits per heavy atom. The molecule has 34 heavy (non-hydrogen) atoms. The Morgan fingerprint density at radius 1 is 1.09 bits per heavy atom. The smallest absolute Gasteiger partial charge is 0.497 e. The largest absolute Gasteiger partial charge is 0.498 e. The standard InChI is InChI=1S/C25H25BN4O3S/c1-24-7-4-8-25(24,2)33-26(32-24)19-12-17(18(13-22(19)31-3)23-28-9-10-34-23)15-5-6-16-20(27)14-29-30-21(16)11-15/h5-6,9-14H,4,7-8H2,1-3H3,(H2,27,30)/t24-,25+. The number of fused-ring (bicyclic) bond motifs is 2. The third-order valence-electron chi connectivity index (χ3n) is 7.43. The number of aromatic nitrogens is 3. The molecule has 2 aromatic heterocycles. The van der Waals surface area contributed by atoms with Crippen LogP contribution in [0.4, 0.5) is 5.69 Å². The van der Waals surface area contributed by atoms with Gasteiger partial charge in [0.15, 0.2) is 0 Å². The van der Waals surface area contributed by atoms with Crippen LogP contribution in [0.2, 0.25) is 0 Å². The lowest BCUT2D eigenvalue weighted by molar-refractivity contribution is 0.00578. The van der Waals surface area contributed by atoms with Gasteiger partial charge in [0.05, 0.1) is 35.7 Å². The lowest BCUT2D eigenvalue weighted by atomic mass is 9.76. The van der Waals surface area contributed by atoms with E-state index in [1.54, 1.807) is 24.6 Å². The number of ether oxygens (including phenoxy) is 1. The fourth-order valence-electron chi connectivity index (χ4n) is 5.26. The Bertz CT molecular complexity index is 1380. The van der Waals surface area contributed by atoms with Crippen LogP contribution in [0, 0.1) is 0 Å². The molecule has 0 radical (unpaired) electrons. The number of rotatable bonds is 4. The van der Waals surface area contributed by atoms with Gasteiger partial charge >= 0.3 is 7.12 Å². The third-order valence-corrected chi connectivity index (χ3v) is 8.24. The van der Waals surface area contributed by atoms with E-state index in [4.69, 9.17) is 19.8 Å². The Hall–Kier alpha value is -3.01. The van der Waals surface area contributed by atoms with E-state index in [0.29, 0.717) is 5.69 Å². The molecule has 7 nitrogen and oxygen atoms in total. The molecular formula is C25H25BN4O3S. The summed E-state index contributed by atoms with van der Waals surface area (Å²) in [5.41, 5.74) is 10.6. The molecule has 2 N–H and O–H groups in total. The fraction of sp³-hybridized carbons (Fsp3) is 0.320. The maximum Gasteiger partial charge on any atom is 0.498 e. The summed E-state index contributed by atoms with van der Waals surface area (Å²) in [4.78, 5) is 4.57. The molecule has 172 valence electrons. The van der Waals surface area contributed by atoms with Gasteiger partial charge in [0.1, 0.15) is 10.8 Å². The second-order valence-corrected chi connectivity index (χ2v) is 10.3. The van der Waals surface area contributed by atoms with Gasteiger partial charge in [0.2, 0.25) is 0 Å². The number of anilines is 1. The molecule has 2 fully saturated rings. The summed E-state index contributed by atoms with van der Waals surface area (Å²) in [7, 11) is 1.17. The number of nitrogen functional groups attached to an aromatic ring is 1. The maximum atomic E-state index is 6.56. The van der Waals surface area contributed by atoms with Crippen molar-refractivity contribution in [2.24, 2.45) is 0 Å². The first-order valence-electron chi connectivity index (χ1n) is 11.4. The zero-order valence-corrected chi connectivity index (χ0v) is 20.2. The average Bonchev–Trinajstić information content (AvgIpc) is 3.52. The summed E-state index contributed by atoms with van der Waals surface area (Å²) < 4.78 is 19.0. The Labute approximate surface area is 202 Å². The van der Waals surface area contributed by atoms with Crippen molar-refractivity contribution in [1.29, 1.82) is 0 Å². The van der Waals surface area contributed by atoms with Crippen molar-refractivity contribution in [3.8, 4) is 27.4 Å². The van der Waals surface area contributed by atoms with Crippen molar-refractivity contribution in [1.82, 2.24) is 15.2 Å². The van der Waals surface area contributed by atoms with Gasteiger partial charge in [-0.05, 0) is 62.4 Å². The number of nitrogens with zero attached hydrogens (tertiary/aromatic N) is 3. The molecule has 0 unspecified atom stereocenters. The maximum absolute atomic E-state index is 6.56. The lowest BCUT2D eigenvalue weighted by Crippen LogP contribution is -2.41. The first kappa shape index (κ1) is 21.5. The lowest BCUT2D eigenvalue weighted by Gasteiger charge is -2.32. The highest BCUT2D eigenvalue weighted by Gasteiger charge is 2.60. The van der Waals surface area contributed by atoms with Crippen LogP contribution in [0.5, 0.6) is 5.75 Å². The molecule has 6 rings (SSSR count). The summed E-state index contributed by atoms with van der Waals surface area (Å²) in [6.07, 6.45) is 6.45. The highest BCUT2D eigenvalue weighted by molar-refractivity contribution is 7.13. The molecule has 0 amide bonds. The Morgan fingerprint density at radius 3 is 2.59 bits per heavy atom. The van der Waals surface area contributed by atoms with Crippen LogP contribution in [0.1, 0.15) is 33.1 Å². The fourth-order valence-corrected chi connectivity index (χ4v) is 5.93. The minimum atomic E-state index is -0.509. The van der Waals surface area contributed by atoms with Crippen LogP contribution in [-0.4, -0.2) is 40.6 Å². The third kappa shape index (κ3) is 3.22. The molecule has 1 saturated carbocycles. The van der Waals surface area contributed by atoms with E-state index in [9.17, 15) is 0 Å². The van der Waals surface area contributed by atoms with Crippen LogP contribution < -0.4 is 15.9 Å². The molecule has 1 aliphatic carbocycles. The minimum Gasteiger partial charge on any atom is -0.497 e. The molecule has 4 aromatic rings. The molecule has 3 heterocycles. The van der Waals surface area contributed by atoms with Gasteiger partial charge in [-0.25, -0.2) is 4.98 Å². The van der Waals surface area contributed by atoms with Gasteiger partial charge < -0.3 is 19.8 Å². The molecule has 2 aliphatic rings. The van der Waals surface area contributed by atoms with Crippen molar-refractivity contribution in [3.05, 3.63) is 48.1 Å². The molecule has 1 saturated heterocycles. The highest BCUT2D eigenvalue weighted by atomic mass is 32.1. The van der Waals surface area contributed by atoms with Gasteiger partial charge in [0, 0.05) is 28.0 Å². The molecule has 2 aromatic carbocycles. The minimum absolute atomic E-state index is 0.313. The van der Waals surface area contributed by atoms with E-state index < -0.39 is 7.12 Å². The summed E-state index contributed by atoms with van der Waals surface area (Å²) in [6, 6.07) is 10.2. The number of methoxy groups -OCH3 is 1. The summed E-state index contributed by atoms with van der Waals surface area (Å²) in [6.45, 7) is 4.31. The molecule has 1 aliphatic heterocycles. The number of nitrogens with two attached hydrogens (primary N) is 1. The quantitative estimate of drug-likeness (QED) is 0.439. The number of thiazole rings is 1. The van der Waals surface area contributed by atoms with Crippen LogP contribution >= 0.6 is 11.3 Å². The second-order valence-electron chi connectivity index (χ2n) is 9.39. The van der Waals surface area contributed by atoms with Crippen molar-refractivity contribution < 1.29 is 14.0 Å². The van der Waals surface area contributed by atoms with Crippen molar-refractivity contribution in [2.45, 2.75) is 44.3 Å². The van der Waals surface area contributed by atoms with Crippen molar-refractivity contribution in [2.75, 3.05) is 12.8 Å². The van der Waals surface area contributed by atoms with E-state index in [1.165, 1.54) is 0 Å². The van der Waals surface area contributed by atoms with E-state index in [0.717, 1.165) is 63.1 Å². The zero-order chi connectivity index (χ0) is 23.5. The molecule has 0 spiro atoms. The monoisotopic (exact) mass is 472 g/mol. The summed E-state index contributed by atoms with van der Waals surface area (Å²) in [5, 5.41) is 12.1. The Kier molecular flexibility index (Phi) is 4.91.